The molecule has 1 aliphatic carbocycles. The summed E-state index contributed by atoms with van der Waals surface area (Å²) < 4.78 is 67.6. The first-order valence-electron chi connectivity index (χ1n) is 21.2. The molecule has 0 aromatic heterocycles. The smallest absolute Gasteiger partial charge is 0.295 e. The van der Waals surface area contributed by atoms with Gasteiger partial charge in [0.1, 0.15) is 16.2 Å². The third kappa shape index (κ3) is 10.8. The van der Waals surface area contributed by atoms with E-state index in [2.05, 4.69) is 16.0 Å². The van der Waals surface area contributed by atoms with Crippen LogP contribution in [0.5, 0.6) is 0 Å². The fourth-order valence-electron chi connectivity index (χ4n) is 8.32. The van der Waals surface area contributed by atoms with Crippen LogP contribution in [0.2, 0.25) is 0 Å². The normalized spacial score (nSPS) is 13.0. The highest BCUT2D eigenvalue weighted by atomic mass is 32.2. The van der Waals surface area contributed by atoms with Crippen LogP contribution in [0.25, 0.3) is 33.4 Å². The van der Waals surface area contributed by atoms with Crippen molar-refractivity contribution >= 4 is 78.3 Å². The van der Waals surface area contributed by atoms with Gasteiger partial charge in [-0.25, -0.2) is 9.20 Å². The fraction of sp³-hybridized carbons (Fsp3) is 0.340. The molecule has 65 heavy (non-hydrogen) atoms. The van der Waals surface area contributed by atoms with Gasteiger partial charge < -0.3 is 20.4 Å². The molecule has 4 aromatic rings. The number of fused-ring (bicyclic) bond motifs is 2. The maximum absolute atomic E-state index is 13.2. The van der Waals surface area contributed by atoms with Gasteiger partial charge in [-0.1, -0.05) is 71.9 Å². The lowest BCUT2D eigenvalue weighted by Gasteiger charge is -2.25. The number of carbonyl (C=O) groups excluding carboxylic acids is 2. The molecular formula is C50H59N5O8S2. The van der Waals surface area contributed by atoms with E-state index in [0.717, 1.165) is 37.7 Å². The first-order valence-corrected chi connectivity index (χ1v) is 23.7. The summed E-state index contributed by atoms with van der Waals surface area (Å²) in [5, 5.41) is 10.6. The van der Waals surface area contributed by atoms with Crippen LogP contribution in [0, 0.1) is 52.4 Å². The summed E-state index contributed by atoms with van der Waals surface area (Å²) in [4.78, 5) is 31.0. The number of amides is 2. The summed E-state index contributed by atoms with van der Waals surface area (Å²) in [5.74, 6) is 0.0900. The van der Waals surface area contributed by atoms with Crippen molar-refractivity contribution in [2.24, 2.45) is 15.8 Å². The van der Waals surface area contributed by atoms with Gasteiger partial charge in [0.05, 0.1) is 22.4 Å². The molecule has 1 unspecified atom stereocenters. The lowest BCUT2D eigenvalue weighted by Crippen LogP contribution is -2.21. The van der Waals surface area contributed by atoms with Crippen LogP contribution in [0.15, 0.2) is 81.0 Å². The first kappa shape index (κ1) is 48.6. The van der Waals surface area contributed by atoms with Crippen LogP contribution in [0.4, 0.5) is 34.1 Å². The predicted molar refractivity (Wildman–Crippen MR) is 262 cm³/mol. The summed E-state index contributed by atoms with van der Waals surface area (Å²) in [7, 11) is -3.30. The number of hydrogen-bond acceptors (Lipinski definition) is 8. The van der Waals surface area contributed by atoms with E-state index in [1.54, 1.807) is 42.5 Å². The Kier molecular flexibility index (Phi) is 13.6. The molecule has 2 amide bonds. The Morgan fingerprint density at radius 2 is 1.29 bits per heavy atom. The molecule has 1 aliphatic heterocycles. The van der Waals surface area contributed by atoms with E-state index in [9.17, 15) is 31.3 Å². The molecule has 15 heteroatoms. The number of anilines is 5. The van der Waals surface area contributed by atoms with Crippen molar-refractivity contribution in [1.82, 2.24) is 0 Å². The average molecular weight is 922 g/mol. The second-order valence-electron chi connectivity index (χ2n) is 19.3. The molecule has 13 nitrogen and oxygen atoms in total. The molecule has 0 spiro atoms. The molecule has 344 valence electrons. The maximum atomic E-state index is 13.2. The van der Waals surface area contributed by atoms with Gasteiger partial charge in [0.15, 0.2) is 0 Å². The van der Waals surface area contributed by atoms with Crippen molar-refractivity contribution in [3.8, 4) is 22.5 Å². The molecule has 0 fully saturated rings. The SMILES string of the molecule is Cc1cc(C)c(NC(=O)CC(C)(C)C)c(C)c1N=c1ccc2c(-c3ccccc3S(=O)(=O)O)c3cc(N(C)S(=O)O)c(Nc4c(C)cc(C)c(NC(=O)CC(C)(C)C)c4C)cc3oc-2c1. The van der Waals surface area contributed by atoms with Gasteiger partial charge in [0, 0.05) is 71.2 Å². The number of nitrogens with zero attached hydrogens (tertiary/aromatic N) is 2. The lowest BCUT2D eigenvalue weighted by molar-refractivity contribution is -0.118. The van der Waals surface area contributed by atoms with Gasteiger partial charge in [-0.15, -0.1) is 0 Å². The molecule has 0 radical (unpaired) electrons. The summed E-state index contributed by atoms with van der Waals surface area (Å²) in [6.07, 6.45) is 0.641. The quantitative estimate of drug-likeness (QED) is 0.0478. The van der Waals surface area contributed by atoms with E-state index in [4.69, 9.17) is 9.41 Å². The minimum atomic E-state index is -4.75. The molecule has 1 heterocycles. The number of aryl methyl sites for hydroxylation is 4. The number of carbonyl (C=O) groups is 2. The lowest BCUT2D eigenvalue weighted by atomic mass is 9.91. The molecule has 0 saturated heterocycles. The standard InChI is InChI=1S/C50H59N5O8S2/c1-27-20-29(3)47(53-42(56)25-49(7,8)9)31(5)45(27)51-33-18-19-34-39(22-33)63-40-24-37(52-46-28(2)21-30(4)48(32(46)6)54-43(57)26-50(10,11)12)38(55(13)64(58)59)23-36(40)44(34)35-16-14-15-17-41(35)65(60,61)62/h14-24,52H,25-26H2,1-13H3,(H,53,56)(H,54,57)(H,58,59)(H,60,61,62). The zero-order chi connectivity index (χ0) is 48.1. The average Bonchev–Trinajstić information content (AvgIpc) is 3.18. The van der Waals surface area contributed by atoms with E-state index in [-0.39, 0.29) is 44.4 Å². The van der Waals surface area contributed by atoms with Crippen LogP contribution in [0.1, 0.15) is 87.8 Å². The van der Waals surface area contributed by atoms with Crippen LogP contribution in [0.3, 0.4) is 0 Å². The van der Waals surface area contributed by atoms with Gasteiger partial charge in [0.25, 0.3) is 21.4 Å². The molecular weight excluding hydrogens is 863 g/mol. The molecule has 0 saturated carbocycles. The molecule has 0 bridgehead atoms. The third-order valence-corrected chi connectivity index (χ3v) is 12.7. The van der Waals surface area contributed by atoms with E-state index in [1.807, 2.05) is 95.2 Å². The largest absolute Gasteiger partial charge is 0.456 e. The van der Waals surface area contributed by atoms with Crippen LogP contribution < -0.4 is 25.6 Å². The Hall–Kier alpha value is -5.87. The topological polar surface area (TPSA) is 191 Å². The number of hydrogen-bond donors (Lipinski definition) is 5. The van der Waals surface area contributed by atoms with Crippen molar-refractivity contribution < 1.29 is 35.7 Å². The van der Waals surface area contributed by atoms with Crippen molar-refractivity contribution in [3.05, 3.63) is 105 Å². The van der Waals surface area contributed by atoms with Crippen molar-refractivity contribution in [2.45, 2.75) is 101 Å². The van der Waals surface area contributed by atoms with Gasteiger partial charge in [-0.2, -0.15) is 8.42 Å². The summed E-state index contributed by atoms with van der Waals surface area (Å²) in [6, 6.07) is 18.6. The van der Waals surface area contributed by atoms with E-state index in [0.29, 0.717) is 68.9 Å². The summed E-state index contributed by atoms with van der Waals surface area (Å²) in [5.41, 5.74) is 9.15. The second-order valence-corrected chi connectivity index (χ2v) is 21.7. The first-order chi connectivity index (χ1) is 30.1. The summed E-state index contributed by atoms with van der Waals surface area (Å²) >= 11 is -2.51. The summed E-state index contributed by atoms with van der Waals surface area (Å²) in [6.45, 7) is 23.5. The Bertz CT molecular complexity index is 3070. The predicted octanol–water partition coefficient (Wildman–Crippen LogP) is 11.6. The fourth-order valence-corrected chi connectivity index (χ4v) is 9.34. The van der Waals surface area contributed by atoms with Crippen molar-refractivity contribution in [1.29, 1.82) is 0 Å². The minimum absolute atomic E-state index is 0.1000. The number of nitrogens with one attached hydrogen (secondary N) is 3. The highest BCUT2D eigenvalue weighted by molar-refractivity contribution is 7.86. The molecule has 5 N–H and O–H groups in total. The van der Waals surface area contributed by atoms with Gasteiger partial charge in [-0.05, 0) is 110 Å². The van der Waals surface area contributed by atoms with Crippen molar-refractivity contribution in [3.63, 3.8) is 0 Å². The van der Waals surface area contributed by atoms with E-state index >= 15 is 0 Å². The van der Waals surface area contributed by atoms with Crippen molar-refractivity contribution in [2.75, 3.05) is 27.3 Å². The van der Waals surface area contributed by atoms with Crippen LogP contribution in [-0.4, -0.2) is 40.6 Å². The van der Waals surface area contributed by atoms with Gasteiger partial charge in [-0.3, -0.25) is 23.0 Å². The van der Waals surface area contributed by atoms with Crippen LogP contribution >= 0.6 is 0 Å². The Morgan fingerprint density at radius 1 is 0.738 bits per heavy atom. The van der Waals surface area contributed by atoms with E-state index in [1.165, 1.54) is 19.2 Å². The second kappa shape index (κ2) is 18.2. The number of benzene rings is 5. The highest BCUT2D eigenvalue weighted by Gasteiger charge is 2.27. The molecule has 6 rings (SSSR count). The van der Waals surface area contributed by atoms with Gasteiger partial charge >= 0.3 is 0 Å². The Morgan fingerprint density at radius 3 is 1.86 bits per heavy atom. The Balaban J connectivity index is 1.63. The molecule has 4 aromatic carbocycles. The highest BCUT2D eigenvalue weighted by Crippen LogP contribution is 2.46. The maximum Gasteiger partial charge on any atom is 0.295 e. The number of rotatable bonds is 11. The zero-order valence-corrected chi connectivity index (χ0v) is 41.0. The zero-order valence-electron chi connectivity index (χ0n) is 39.3. The third-order valence-electron chi connectivity index (χ3n) is 11.1. The van der Waals surface area contributed by atoms with E-state index < -0.39 is 21.4 Å². The van der Waals surface area contributed by atoms with Crippen LogP contribution in [-0.2, 0) is 31.0 Å². The molecule has 2 aliphatic rings. The van der Waals surface area contributed by atoms with Gasteiger partial charge in [0.2, 0.25) is 11.8 Å². The minimum Gasteiger partial charge on any atom is -0.456 e. The molecule has 1 atom stereocenters. The monoisotopic (exact) mass is 921 g/mol. The Labute approximate surface area is 384 Å².